The average molecular weight is 239 g/mol. The van der Waals surface area contributed by atoms with Crippen molar-refractivity contribution in [1.82, 2.24) is 8.96 Å². The Kier molecular flexibility index (Phi) is 3.08. The summed E-state index contributed by atoms with van der Waals surface area (Å²) in [5.41, 5.74) is 0.380. The van der Waals surface area contributed by atoms with Crippen LogP contribution in [0.1, 0.15) is 10.5 Å². The molecule has 15 heavy (non-hydrogen) atoms. The molecule has 0 spiro atoms. The van der Waals surface area contributed by atoms with Gasteiger partial charge in [0.2, 0.25) is 0 Å². The largest absolute Gasteiger partial charge is 0.274 e. The van der Waals surface area contributed by atoms with Gasteiger partial charge in [0, 0.05) is 4.90 Å². The van der Waals surface area contributed by atoms with Crippen molar-refractivity contribution in [2.75, 3.05) is 0 Å². The van der Waals surface area contributed by atoms with E-state index in [1.54, 1.807) is 10.3 Å². The van der Waals surface area contributed by atoms with Crippen molar-refractivity contribution in [3.8, 4) is 0 Å². The summed E-state index contributed by atoms with van der Waals surface area (Å²) in [6.07, 6.45) is 3.01. The zero-order chi connectivity index (χ0) is 10.7. The van der Waals surface area contributed by atoms with Gasteiger partial charge in [-0.2, -0.15) is 0 Å². The van der Waals surface area contributed by atoms with Crippen LogP contribution in [0.25, 0.3) is 0 Å². The van der Waals surface area contributed by atoms with Gasteiger partial charge in [0.25, 0.3) is 5.24 Å². The second-order valence-corrected chi connectivity index (χ2v) is 4.17. The summed E-state index contributed by atoms with van der Waals surface area (Å²) in [6.45, 7) is 0. The van der Waals surface area contributed by atoms with Crippen molar-refractivity contribution in [2.24, 2.45) is 0 Å². The van der Waals surface area contributed by atoms with Crippen LogP contribution in [0.2, 0.25) is 0 Å². The van der Waals surface area contributed by atoms with Gasteiger partial charge in [0.05, 0.1) is 6.20 Å². The Morgan fingerprint density at radius 3 is 2.73 bits per heavy atom. The molecule has 0 aliphatic rings. The van der Waals surface area contributed by atoms with Crippen LogP contribution < -0.4 is 0 Å². The molecule has 0 fully saturated rings. The van der Waals surface area contributed by atoms with Crippen LogP contribution in [0.15, 0.2) is 47.8 Å². The average Bonchev–Trinajstić information content (AvgIpc) is 2.67. The van der Waals surface area contributed by atoms with E-state index < -0.39 is 5.24 Å². The highest BCUT2D eigenvalue weighted by Gasteiger charge is 2.09. The molecule has 0 radical (unpaired) electrons. The monoisotopic (exact) mass is 238 g/mol. The van der Waals surface area contributed by atoms with E-state index in [9.17, 15) is 4.79 Å². The van der Waals surface area contributed by atoms with Crippen molar-refractivity contribution in [3.05, 3.63) is 48.5 Å². The van der Waals surface area contributed by atoms with Crippen LogP contribution >= 0.6 is 23.5 Å². The Morgan fingerprint density at radius 2 is 2.07 bits per heavy atom. The number of benzene rings is 1. The number of hydrogen-bond acceptors (Lipinski definition) is 3. The Bertz CT molecular complexity index is 469. The van der Waals surface area contributed by atoms with Crippen LogP contribution in [0.4, 0.5) is 0 Å². The number of carbonyl (C=O) groups excluding carboxylic acids is 1. The normalized spacial score (nSPS) is 10.2. The molecule has 0 amide bonds. The molecule has 0 saturated heterocycles. The molecule has 76 valence electrons. The quantitative estimate of drug-likeness (QED) is 0.772. The molecule has 1 heterocycles. The Labute approximate surface area is 96.2 Å². The predicted octanol–water partition coefficient (Wildman–Crippen LogP) is 2.82. The van der Waals surface area contributed by atoms with E-state index >= 15 is 0 Å². The van der Waals surface area contributed by atoms with Crippen molar-refractivity contribution in [2.45, 2.75) is 4.90 Å². The Morgan fingerprint density at radius 1 is 1.33 bits per heavy atom. The van der Waals surface area contributed by atoms with Gasteiger partial charge in [-0.3, -0.25) is 8.77 Å². The summed E-state index contributed by atoms with van der Waals surface area (Å²) in [7, 11) is 0. The maximum absolute atomic E-state index is 11.0. The minimum Gasteiger partial charge on any atom is -0.274 e. The number of rotatable bonds is 3. The maximum atomic E-state index is 11.0. The van der Waals surface area contributed by atoms with Crippen LogP contribution in [-0.4, -0.2) is 14.2 Å². The molecule has 0 N–H and O–H groups in total. The number of aromatic nitrogens is 2. The van der Waals surface area contributed by atoms with E-state index in [4.69, 9.17) is 11.6 Å². The zero-order valence-corrected chi connectivity index (χ0v) is 9.20. The lowest BCUT2D eigenvalue weighted by molar-refractivity contribution is 0.107. The molecule has 2 rings (SSSR count). The van der Waals surface area contributed by atoms with Crippen LogP contribution in [0, 0.1) is 0 Å². The van der Waals surface area contributed by atoms with E-state index in [0.717, 1.165) is 4.90 Å². The van der Waals surface area contributed by atoms with E-state index in [1.165, 1.54) is 18.1 Å². The van der Waals surface area contributed by atoms with Crippen LogP contribution in [0.3, 0.4) is 0 Å². The van der Waals surface area contributed by atoms with E-state index in [0.29, 0.717) is 5.69 Å². The summed E-state index contributed by atoms with van der Waals surface area (Å²) in [4.78, 5) is 15.9. The van der Waals surface area contributed by atoms with Crippen molar-refractivity contribution < 1.29 is 4.79 Å². The molecule has 0 atom stereocenters. The first-order valence-electron chi connectivity index (χ1n) is 4.23. The topological polar surface area (TPSA) is 34.9 Å². The number of imidazole rings is 1. The van der Waals surface area contributed by atoms with Gasteiger partial charge in [-0.1, -0.05) is 18.2 Å². The van der Waals surface area contributed by atoms with Gasteiger partial charge < -0.3 is 0 Å². The SMILES string of the molecule is O=C(Cl)c1cncn1Sc1ccccc1. The summed E-state index contributed by atoms with van der Waals surface area (Å²) < 4.78 is 1.64. The fraction of sp³-hybridized carbons (Fsp3) is 0. The second-order valence-electron chi connectivity index (χ2n) is 2.78. The van der Waals surface area contributed by atoms with Gasteiger partial charge in [0.15, 0.2) is 0 Å². The van der Waals surface area contributed by atoms with Crippen molar-refractivity contribution in [1.29, 1.82) is 0 Å². The minimum absolute atomic E-state index is 0.380. The molecule has 5 heteroatoms. The van der Waals surface area contributed by atoms with Gasteiger partial charge in [-0.15, -0.1) is 0 Å². The standard InChI is InChI=1S/C10H7ClN2OS/c11-10(14)9-6-12-7-13(9)15-8-4-2-1-3-5-8/h1-7H. The maximum Gasteiger partial charge on any atom is 0.271 e. The number of carbonyl (C=O) groups is 1. The van der Waals surface area contributed by atoms with E-state index in [2.05, 4.69) is 4.98 Å². The molecule has 0 aliphatic carbocycles. The lowest BCUT2D eigenvalue weighted by Crippen LogP contribution is -1.96. The van der Waals surface area contributed by atoms with Gasteiger partial charge >= 0.3 is 0 Å². The number of halogens is 1. The molecule has 0 saturated carbocycles. The van der Waals surface area contributed by atoms with Gasteiger partial charge in [0.1, 0.15) is 12.0 Å². The molecule has 0 unspecified atom stereocenters. The van der Waals surface area contributed by atoms with Crippen LogP contribution in [0.5, 0.6) is 0 Å². The van der Waals surface area contributed by atoms with E-state index in [1.807, 2.05) is 30.3 Å². The molecule has 0 aliphatic heterocycles. The highest BCUT2D eigenvalue weighted by atomic mass is 35.5. The third-order valence-corrected chi connectivity index (χ3v) is 2.92. The fourth-order valence-corrected chi connectivity index (χ4v) is 2.11. The predicted molar refractivity (Wildman–Crippen MR) is 60.1 cm³/mol. The van der Waals surface area contributed by atoms with E-state index in [-0.39, 0.29) is 0 Å². The first-order chi connectivity index (χ1) is 7.27. The highest BCUT2D eigenvalue weighted by Crippen LogP contribution is 2.21. The lowest BCUT2D eigenvalue weighted by atomic mass is 10.4. The fourth-order valence-electron chi connectivity index (χ4n) is 1.09. The van der Waals surface area contributed by atoms with Gasteiger partial charge in [-0.05, 0) is 35.7 Å². The highest BCUT2D eigenvalue weighted by molar-refractivity contribution is 7.97. The molecular weight excluding hydrogens is 232 g/mol. The molecule has 1 aromatic carbocycles. The molecule has 2 aromatic rings. The summed E-state index contributed by atoms with van der Waals surface area (Å²) >= 11 is 6.80. The summed E-state index contributed by atoms with van der Waals surface area (Å²) in [6, 6.07) is 9.70. The smallest absolute Gasteiger partial charge is 0.271 e. The number of nitrogens with zero attached hydrogens (tertiary/aromatic N) is 2. The number of hydrogen-bond donors (Lipinski definition) is 0. The Hall–Kier alpha value is -1.26. The molecular formula is C10H7ClN2OS. The lowest BCUT2D eigenvalue weighted by Gasteiger charge is -2.02. The summed E-state index contributed by atoms with van der Waals surface area (Å²) in [5, 5.41) is -0.504. The molecule has 3 nitrogen and oxygen atoms in total. The Balaban J connectivity index is 2.25. The van der Waals surface area contributed by atoms with Crippen molar-refractivity contribution in [3.63, 3.8) is 0 Å². The minimum atomic E-state index is -0.504. The summed E-state index contributed by atoms with van der Waals surface area (Å²) in [5.74, 6) is 0. The molecule has 0 bridgehead atoms. The molecule has 1 aromatic heterocycles. The first kappa shape index (κ1) is 10.3. The third-order valence-electron chi connectivity index (χ3n) is 1.75. The zero-order valence-electron chi connectivity index (χ0n) is 7.63. The van der Waals surface area contributed by atoms with Crippen molar-refractivity contribution >= 4 is 28.8 Å². The van der Waals surface area contributed by atoms with Crippen LogP contribution in [-0.2, 0) is 0 Å². The van der Waals surface area contributed by atoms with Gasteiger partial charge in [-0.25, -0.2) is 4.98 Å². The third kappa shape index (κ3) is 2.40. The first-order valence-corrected chi connectivity index (χ1v) is 5.38. The second kappa shape index (κ2) is 4.51.